The predicted octanol–water partition coefficient (Wildman–Crippen LogP) is 3.07. The number of nitrogens with one attached hydrogen (secondary N) is 1. The molecule has 1 heterocycles. The van der Waals surface area contributed by atoms with Crippen LogP contribution in [0.1, 0.15) is 11.3 Å². The minimum absolute atomic E-state index is 0.556. The second-order valence-corrected chi connectivity index (χ2v) is 4.12. The lowest BCUT2D eigenvalue weighted by Crippen LogP contribution is -1.90. The first-order valence-corrected chi connectivity index (χ1v) is 5.44. The lowest BCUT2D eigenvalue weighted by atomic mass is 10.1. The van der Waals surface area contributed by atoms with E-state index >= 15 is 0 Å². The summed E-state index contributed by atoms with van der Waals surface area (Å²) in [5.74, 6) is 0. The summed E-state index contributed by atoms with van der Waals surface area (Å²) >= 11 is 3.44. The summed E-state index contributed by atoms with van der Waals surface area (Å²) in [5.41, 5.74) is 2.14. The zero-order chi connectivity index (χ0) is 10.7. The van der Waals surface area contributed by atoms with E-state index in [1.165, 1.54) is 5.56 Å². The van der Waals surface area contributed by atoms with Gasteiger partial charge in [-0.05, 0) is 17.7 Å². The van der Waals surface area contributed by atoms with Gasteiger partial charge < -0.3 is 9.73 Å². The Morgan fingerprint density at radius 3 is 3.00 bits per heavy atom. The molecule has 78 valence electrons. The van der Waals surface area contributed by atoms with Gasteiger partial charge in [-0.2, -0.15) is 4.98 Å². The molecule has 0 spiro atoms. The van der Waals surface area contributed by atoms with E-state index in [1.54, 1.807) is 13.3 Å². The molecule has 0 amide bonds. The summed E-state index contributed by atoms with van der Waals surface area (Å²) in [5, 5.41) is 2.86. The van der Waals surface area contributed by atoms with Crippen molar-refractivity contribution < 1.29 is 4.42 Å². The molecular formula is C11H11BrN2O. The zero-order valence-corrected chi connectivity index (χ0v) is 9.91. The van der Waals surface area contributed by atoms with E-state index in [0.29, 0.717) is 6.01 Å². The third-order valence-corrected chi connectivity index (χ3v) is 2.53. The van der Waals surface area contributed by atoms with E-state index < -0.39 is 0 Å². The van der Waals surface area contributed by atoms with Gasteiger partial charge in [-0.3, -0.25) is 0 Å². The molecular weight excluding hydrogens is 256 g/mol. The summed E-state index contributed by atoms with van der Waals surface area (Å²) in [7, 11) is 1.79. The summed E-state index contributed by atoms with van der Waals surface area (Å²) in [4.78, 5) is 4.26. The van der Waals surface area contributed by atoms with Crippen molar-refractivity contribution in [1.29, 1.82) is 0 Å². The Morgan fingerprint density at radius 2 is 2.33 bits per heavy atom. The van der Waals surface area contributed by atoms with Gasteiger partial charge in [0.05, 0.1) is 5.69 Å². The standard InChI is InChI=1S/C11H11BrN2O/c1-13-11-14-10(7-15-11)6-8-3-2-4-9(12)5-8/h2-5,7H,6H2,1H3,(H,13,14). The van der Waals surface area contributed by atoms with Crippen LogP contribution in [-0.4, -0.2) is 12.0 Å². The second kappa shape index (κ2) is 4.49. The van der Waals surface area contributed by atoms with E-state index in [4.69, 9.17) is 4.42 Å². The maximum atomic E-state index is 5.18. The number of rotatable bonds is 3. The number of hydrogen-bond acceptors (Lipinski definition) is 3. The van der Waals surface area contributed by atoms with Crippen LogP contribution in [0.15, 0.2) is 39.4 Å². The van der Waals surface area contributed by atoms with Gasteiger partial charge in [-0.15, -0.1) is 0 Å². The van der Waals surface area contributed by atoms with Gasteiger partial charge in [0, 0.05) is 17.9 Å². The maximum absolute atomic E-state index is 5.18. The minimum atomic E-state index is 0.556. The number of oxazole rings is 1. The van der Waals surface area contributed by atoms with Crippen molar-refractivity contribution in [1.82, 2.24) is 4.98 Å². The van der Waals surface area contributed by atoms with Gasteiger partial charge >= 0.3 is 0 Å². The van der Waals surface area contributed by atoms with Gasteiger partial charge in [0.2, 0.25) is 0 Å². The molecule has 0 bridgehead atoms. The van der Waals surface area contributed by atoms with Crippen LogP contribution in [0.5, 0.6) is 0 Å². The Kier molecular flexibility index (Phi) is 3.06. The highest BCUT2D eigenvalue weighted by Crippen LogP contribution is 2.16. The van der Waals surface area contributed by atoms with Gasteiger partial charge in [0.15, 0.2) is 0 Å². The highest BCUT2D eigenvalue weighted by molar-refractivity contribution is 9.10. The van der Waals surface area contributed by atoms with Crippen LogP contribution in [0, 0.1) is 0 Å². The highest BCUT2D eigenvalue weighted by Gasteiger charge is 2.03. The van der Waals surface area contributed by atoms with Crippen LogP contribution in [0.25, 0.3) is 0 Å². The van der Waals surface area contributed by atoms with Crippen LogP contribution < -0.4 is 5.32 Å². The average Bonchev–Trinajstić information content (AvgIpc) is 2.65. The molecule has 2 aromatic rings. The molecule has 3 nitrogen and oxygen atoms in total. The van der Waals surface area contributed by atoms with Crippen molar-refractivity contribution in [3.8, 4) is 0 Å². The molecule has 2 rings (SSSR count). The number of nitrogens with zero attached hydrogens (tertiary/aromatic N) is 1. The van der Waals surface area contributed by atoms with E-state index in [0.717, 1.165) is 16.6 Å². The van der Waals surface area contributed by atoms with Crippen molar-refractivity contribution in [2.75, 3.05) is 12.4 Å². The Hall–Kier alpha value is -1.29. The number of hydrogen-bond donors (Lipinski definition) is 1. The molecule has 0 fully saturated rings. The summed E-state index contributed by atoms with van der Waals surface area (Å²) in [6.07, 6.45) is 2.46. The third kappa shape index (κ3) is 2.59. The zero-order valence-electron chi connectivity index (χ0n) is 8.33. The first kappa shape index (κ1) is 10.2. The molecule has 0 saturated carbocycles. The van der Waals surface area contributed by atoms with Crippen LogP contribution in [0.4, 0.5) is 6.01 Å². The quantitative estimate of drug-likeness (QED) is 0.928. The highest BCUT2D eigenvalue weighted by atomic mass is 79.9. The topological polar surface area (TPSA) is 38.1 Å². The van der Waals surface area contributed by atoms with Crippen LogP contribution >= 0.6 is 15.9 Å². The SMILES string of the molecule is CNc1nc(Cc2cccc(Br)c2)co1. The largest absolute Gasteiger partial charge is 0.432 e. The molecule has 0 saturated heterocycles. The molecule has 4 heteroatoms. The molecule has 0 atom stereocenters. The molecule has 15 heavy (non-hydrogen) atoms. The van der Waals surface area contributed by atoms with E-state index in [9.17, 15) is 0 Å². The lowest BCUT2D eigenvalue weighted by molar-refractivity contribution is 0.574. The van der Waals surface area contributed by atoms with Crippen molar-refractivity contribution in [3.05, 3.63) is 46.3 Å². The van der Waals surface area contributed by atoms with Crippen LogP contribution in [0.3, 0.4) is 0 Å². The minimum Gasteiger partial charge on any atom is -0.432 e. The maximum Gasteiger partial charge on any atom is 0.294 e. The fourth-order valence-corrected chi connectivity index (χ4v) is 1.81. The van der Waals surface area contributed by atoms with Crippen molar-refractivity contribution in [2.24, 2.45) is 0 Å². The molecule has 1 aromatic heterocycles. The molecule has 1 aromatic carbocycles. The van der Waals surface area contributed by atoms with Gasteiger partial charge in [0.1, 0.15) is 6.26 Å². The number of halogens is 1. The fraction of sp³-hybridized carbons (Fsp3) is 0.182. The molecule has 0 aliphatic heterocycles. The summed E-state index contributed by atoms with van der Waals surface area (Å²) < 4.78 is 6.26. The van der Waals surface area contributed by atoms with Gasteiger partial charge in [-0.1, -0.05) is 28.1 Å². The predicted molar refractivity (Wildman–Crippen MR) is 63.0 cm³/mol. The molecule has 0 unspecified atom stereocenters. The molecule has 0 radical (unpaired) electrons. The molecule has 0 aliphatic rings. The number of aromatic nitrogens is 1. The van der Waals surface area contributed by atoms with Gasteiger partial charge in [-0.25, -0.2) is 0 Å². The number of benzene rings is 1. The van der Waals surface area contributed by atoms with Crippen molar-refractivity contribution >= 4 is 21.9 Å². The fourth-order valence-electron chi connectivity index (χ4n) is 1.36. The first-order valence-electron chi connectivity index (χ1n) is 4.64. The van der Waals surface area contributed by atoms with E-state index in [-0.39, 0.29) is 0 Å². The third-order valence-electron chi connectivity index (χ3n) is 2.04. The Bertz CT molecular complexity index is 453. The monoisotopic (exact) mass is 266 g/mol. The first-order chi connectivity index (χ1) is 7.28. The second-order valence-electron chi connectivity index (χ2n) is 3.20. The molecule has 0 aliphatic carbocycles. The van der Waals surface area contributed by atoms with Crippen LogP contribution in [0.2, 0.25) is 0 Å². The van der Waals surface area contributed by atoms with E-state index in [2.05, 4.69) is 38.4 Å². The Morgan fingerprint density at radius 1 is 1.47 bits per heavy atom. The van der Waals surface area contributed by atoms with Crippen molar-refractivity contribution in [3.63, 3.8) is 0 Å². The lowest BCUT2D eigenvalue weighted by Gasteiger charge is -1.97. The molecule has 1 N–H and O–H groups in total. The Balaban J connectivity index is 2.14. The van der Waals surface area contributed by atoms with Crippen LogP contribution in [-0.2, 0) is 6.42 Å². The average molecular weight is 267 g/mol. The Labute approximate surface area is 96.6 Å². The summed E-state index contributed by atoms with van der Waals surface area (Å²) in [6.45, 7) is 0. The normalized spacial score (nSPS) is 10.3. The van der Waals surface area contributed by atoms with Gasteiger partial charge in [0.25, 0.3) is 6.01 Å². The number of anilines is 1. The smallest absolute Gasteiger partial charge is 0.294 e. The summed E-state index contributed by atoms with van der Waals surface area (Å²) in [6, 6.07) is 8.72. The van der Waals surface area contributed by atoms with E-state index in [1.807, 2.05) is 12.1 Å². The van der Waals surface area contributed by atoms with Crippen molar-refractivity contribution in [2.45, 2.75) is 6.42 Å².